The quantitative estimate of drug-likeness (QED) is 0.206. The standard InChI is InChI=1S/C48H31N3/c1-3-11-31(12-4-1)43-36-15-7-8-16-37(36)44(32-13-5-2-6-14-32)47-40-25-24-34(35-17-9-18-39(45(35)40)46(43)47)30-20-22-33(23-21-30)51-41-19-10-27-50-48(41)38-26-28-49-29-42(38)51/h1-28,49H,29H2. The SMILES string of the molecule is C1=Cc2c(n(-c3ccc(-c4ccc5c6c(cccc46)-c4c-5c(-c5ccccc5)c5ccccc5c4-c4ccccc4)cc3)c3cccnc23)CN1. The van der Waals surface area contributed by atoms with Crippen LogP contribution in [0.4, 0.5) is 0 Å². The van der Waals surface area contributed by atoms with Gasteiger partial charge in [-0.2, -0.15) is 0 Å². The molecule has 3 heterocycles. The second-order valence-corrected chi connectivity index (χ2v) is 13.5. The summed E-state index contributed by atoms with van der Waals surface area (Å²) in [4.78, 5) is 4.75. The summed E-state index contributed by atoms with van der Waals surface area (Å²) < 4.78 is 2.35. The zero-order valence-corrected chi connectivity index (χ0v) is 27.8. The number of fused-ring (bicyclic) bond motifs is 7. The van der Waals surface area contributed by atoms with Gasteiger partial charge in [-0.05, 0) is 114 Å². The molecule has 0 saturated heterocycles. The minimum atomic E-state index is 0.768. The number of pyridine rings is 1. The van der Waals surface area contributed by atoms with Gasteiger partial charge in [-0.15, -0.1) is 0 Å². The smallest absolute Gasteiger partial charge is 0.0961 e. The molecule has 11 rings (SSSR count). The summed E-state index contributed by atoms with van der Waals surface area (Å²) in [5.74, 6) is 0. The summed E-state index contributed by atoms with van der Waals surface area (Å²) in [6, 6.07) is 55.7. The number of hydrogen-bond acceptors (Lipinski definition) is 2. The first kappa shape index (κ1) is 28.2. The van der Waals surface area contributed by atoms with Crippen LogP contribution < -0.4 is 5.32 Å². The average Bonchev–Trinajstić information content (AvgIpc) is 3.72. The van der Waals surface area contributed by atoms with Crippen molar-refractivity contribution < 1.29 is 0 Å². The van der Waals surface area contributed by atoms with Crippen LogP contribution >= 0.6 is 0 Å². The molecule has 0 fully saturated rings. The van der Waals surface area contributed by atoms with Crippen LogP contribution in [0.25, 0.3) is 100.0 Å². The Kier molecular flexibility index (Phi) is 6.02. The fourth-order valence-electron chi connectivity index (χ4n) is 8.78. The summed E-state index contributed by atoms with van der Waals surface area (Å²) in [5.41, 5.74) is 18.5. The first-order chi connectivity index (χ1) is 25.3. The molecule has 238 valence electrons. The molecule has 0 spiro atoms. The molecule has 7 aromatic carbocycles. The van der Waals surface area contributed by atoms with Crippen molar-refractivity contribution in [2.75, 3.05) is 0 Å². The van der Waals surface area contributed by atoms with Crippen LogP contribution in [0, 0.1) is 0 Å². The highest BCUT2D eigenvalue weighted by atomic mass is 15.0. The van der Waals surface area contributed by atoms with Gasteiger partial charge < -0.3 is 9.88 Å². The Labute approximate surface area is 295 Å². The Hall–Kier alpha value is -6.71. The summed E-state index contributed by atoms with van der Waals surface area (Å²) in [7, 11) is 0. The highest BCUT2D eigenvalue weighted by Crippen LogP contribution is 2.58. The topological polar surface area (TPSA) is 29.9 Å². The molecule has 1 aliphatic carbocycles. The summed E-state index contributed by atoms with van der Waals surface area (Å²) in [6.45, 7) is 0.768. The molecular weight excluding hydrogens is 619 g/mol. The highest BCUT2D eigenvalue weighted by molar-refractivity contribution is 6.28. The van der Waals surface area contributed by atoms with Crippen LogP contribution in [-0.4, -0.2) is 9.55 Å². The third-order valence-electron chi connectivity index (χ3n) is 10.9. The Morgan fingerprint density at radius 3 is 1.82 bits per heavy atom. The van der Waals surface area contributed by atoms with E-state index in [1.807, 2.05) is 18.5 Å². The largest absolute Gasteiger partial charge is 0.385 e. The second kappa shape index (κ2) is 10.9. The molecule has 1 N–H and O–H groups in total. The van der Waals surface area contributed by atoms with E-state index in [1.54, 1.807) is 0 Å². The molecule has 0 saturated carbocycles. The molecule has 9 aromatic rings. The first-order valence-electron chi connectivity index (χ1n) is 17.6. The van der Waals surface area contributed by atoms with Crippen LogP contribution in [-0.2, 0) is 6.54 Å². The van der Waals surface area contributed by atoms with Crippen LogP contribution in [0.3, 0.4) is 0 Å². The number of nitrogens with one attached hydrogen (secondary N) is 1. The summed E-state index contributed by atoms with van der Waals surface area (Å²) in [5, 5.41) is 8.57. The van der Waals surface area contributed by atoms with E-state index in [1.165, 1.54) is 88.4 Å². The maximum atomic E-state index is 4.75. The second-order valence-electron chi connectivity index (χ2n) is 13.5. The normalized spacial score (nSPS) is 12.7. The lowest BCUT2D eigenvalue weighted by Gasteiger charge is -2.20. The predicted octanol–water partition coefficient (Wildman–Crippen LogP) is 12.1. The minimum Gasteiger partial charge on any atom is -0.385 e. The predicted molar refractivity (Wildman–Crippen MR) is 213 cm³/mol. The molecule has 3 nitrogen and oxygen atoms in total. The molecule has 0 bridgehead atoms. The molecule has 3 heteroatoms. The van der Waals surface area contributed by atoms with Crippen molar-refractivity contribution in [1.29, 1.82) is 0 Å². The Balaban J connectivity index is 1.15. The maximum absolute atomic E-state index is 4.75. The molecule has 0 radical (unpaired) electrons. The van der Waals surface area contributed by atoms with E-state index >= 15 is 0 Å². The minimum absolute atomic E-state index is 0.768. The Morgan fingerprint density at radius 1 is 0.490 bits per heavy atom. The fourth-order valence-corrected chi connectivity index (χ4v) is 8.78. The van der Waals surface area contributed by atoms with Crippen molar-refractivity contribution in [3.63, 3.8) is 0 Å². The molecule has 2 aliphatic rings. The van der Waals surface area contributed by atoms with Gasteiger partial charge in [0.1, 0.15) is 0 Å². The number of rotatable bonds is 4. The van der Waals surface area contributed by atoms with E-state index in [0.717, 1.165) is 23.3 Å². The van der Waals surface area contributed by atoms with Gasteiger partial charge in [0.05, 0.1) is 23.3 Å². The van der Waals surface area contributed by atoms with Gasteiger partial charge in [0.25, 0.3) is 0 Å². The molecule has 2 aromatic heterocycles. The molecular formula is C48H31N3. The number of hydrogen-bond donors (Lipinski definition) is 1. The van der Waals surface area contributed by atoms with Crippen molar-refractivity contribution in [2.45, 2.75) is 6.54 Å². The van der Waals surface area contributed by atoms with Gasteiger partial charge in [-0.3, -0.25) is 4.98 Å². The monoisotopic (exact) mass is 649 g/mol. The third-order valence-corrected chi connectivity index (χ3v) is 10.9. The van der Waals surface area contributed by atoms with Crippen LogP contribution in [0.1, 0.15) is 11.3 Å². The molecule has 51 heavy (non-hydrogen) atoms. The summed E-state index contributed by atoms with van der Waals surface area (Å²) in [6.07, 6.45) is 6.04. The lowest BCUT2D eigenvalue weighted by Crippen LogP contribution is -2.13. The lowest BCUT2D eigenvalue weighted by atomic mass is 9.82. The molecule has 0 amide bonds. The molecule has 1 aliphatic heterocycles. The van der Waals surface area contributed by atoms with Crippen LogP contribution in [0.2, 0.25) is 0 Å². The fraction of sp³-hybridized carbons (Fsp3) is 0.0208. The first-order valence-corrected chi connectivity index (χ1v) is 17.6. The average molecular weight is 650 g/mol. The Bertz CT molecular complexity index is 2790. The summed E-state index contributed by atoms with van der Waals surface area (Å²) >= 11 is 0. The Morgan fingerprint density at radius 2 is 1.12 bits per heavy atom. The van der Waals surface area contributed by atoms with Crippen LogP contribution in [0.15, 0.2) is 164 Å². The van der Waals surface area contributed by atoms with Crippen molar-refractivity contribution in [2.24, 2.45) is 0 Å². The van der Waals surface area contributed by atoms with Gasteiger partial charge in [0.2, 0.25) is 0 Å². The van der Waals surface area contributed by atoms with E-state index in [0.29, 0.717) is 0 Å². The number of aromatic nitrogens is 2. The number of nitrogens with zero attached hydrogens (tertiary/aromatic N) is 2. The number of benzene rings is 7. The zero-order valence-electron chi connectivity index (χ0n) is 27.8. The van der Waals surface area contributed by atoms with Crippen LogP contribution in [0.5, 0.6) is 0 Å². The van der Waals surface area contributed by atoms with E-state index in [2.05, 4.69) is 162 Å². The van der Waals surface area contributed by atoms with Gasteiger partial charge in [-0.1, -0.05) is 127 Å². The van der Waals surface area contributed by atoms with Gasteiger partial charge in [0.15, 0.2) is 0 Å². The van der Waals surface area contributed by atoms with Crippen molar-refractivity contribution in [3.8, 4) is 61.3 Å². The van der Waals surface area contributed by atoms with E-state index in [9.17, 15) is 0 Å². The van der Waals surface area contributed by atoms with Gasteiger partial charge in [0, 0.05) is 17.4 Å². The van der Waals surface area contributed by atoms with Gasteiger partial charge >= 0.3 is 0 Å². The van der Waals surface area contributed by atoms with E-state index < -0.39 is 0 Å². The van der Waals surface area contributed by atoms with Crippen molar-refractivity contribution in [3.05, 3.63) is 175 Å². The van der Waals surface area contributed by atoms with E-state index in [4.69, 9.17) is 4.98 Å². The highest BCUT2D eigenvalue weighted by Gasteiger charge is 2.31. The zero-order chi connectivity index (χ0) is 33.5. The maximum Gasteiger partial charge on any atom is 0.0961 e. The van der Waals surface area contributed by atoms with E-state index in [-0.39, 0.29) is 0 Å². The third kappa shape index (κ3) is 4.03. The molecule has 0 unspecified atom stereocenters. The lowest BCUT2D eigenvalue weighted by molar-refractivity contribution is 0.803. The van der Waals surface area contributed by atoms with Gasteiger partial charge in [-0.25, -0.2) is 0 Å². The van der Waals surface area contributed by atoms with Crippen molar-refractivity contribution >= 4 is 38.7 Å². The molecule has 0 atom stereocenters. The van der Waals surface area contributed by atoms with Crippen molar-refractivity contribution in [1.82, 2.24) is 14.9 Å².